The molecule has 0 aliphatic carbocycles. The molecule has 0 spiro atoms. The lowest BCUT2D eigenvalue weighted by atomic mass is 9.88. The summed E-state index contributed by atoms with van der Waals surface area (Å²) in [6, 6.07) is 14.5. The third-order valence-corrected chi connectivity index (χ3v) is 5.73. The number of aryl methyl sites for hydroxylation is 1. The van der Waals surface area contributed by atoms with E-state index in [1.165, 1.54) is 16.7 Å². The molecule has 2 aromatic rings. The fourth-order valence-corrected chi connectivity index (χ4v) is 4.12. The Labute approximate surface area is 165 Å². The average molecular weight is 382 g/mol. The summed E-state index contributed by atoms with van der Waals surface area (Å²) in [5, 5.41) is 13.3. The third kappa shape index (κ3) is 3.92. The number of ether oxygens (including phenoxy) is 1. The molecule has 2 atom stereocenters. The molecule has 2 aliphatic rings. The maximum Gasteiger partial charge on any atom is 0.119 e. The van der Waals surface area contributed by atoms with E-state index in [1.54, 1.807) is 7.11 Å². The standard InChI is InChI=1S/C22H24ClN3O/c1-14-11-17-4-3-15-7-10-19(27-2)12-20(15)22(24-13-21(17)26-25-14)16-5-8-18(23)9-6-16/h5-10,12,17,22,24H,3-4,11,13H2,1-2H3. The molecule has 27 heavy (non-hydrogen) atoms. The van der Waals surface area contributed by atoms with Crippen LogP contribution in [-0.2, 0) is 6.42 Å². The van der Waals surface area contributed by atoms with E-state index in [4.69, 9.17) is 16.3 Å². The molecule has 0 bridgehead atoms. The van der Waals surface area contributed by atoms with Crippen LogP contribution < -0.4 is 10.1 Å². The Morgan fingerprint density at radius 2 is 1.93 bits per heavy atom. The number of hydrogen-bond acceptors (Lipinski definition) is 4. The van der Waals surface area contributed by atoms with Gasteiger partial charge < -0.3 is 10.1 Å². The van der Waals surface area contributed by atoms with Crippen LogP contribution in [0.15, 0.2) is 52.7 Å². The summed E-state index contributed by atoms with van der Waals surface area (Å²) in [5.41, 5.74) is 6.06. The number of benzene rings is 2. The molecule has 5 heteroatoms. The van der Waals surface area contributed by atoms with Gasteiger partial charge in [-0.1, -0.05) is 29.8 Å². The Hall–Kier alpha value is -2.17. The Morgan fingerprint density at radius 1 is 1.11 bits per heavy atom. The predicted molar refractivity (Wildman–Crippen MR) is 111 cm³/mol. The molecular weight excluding hydrogens is 358 g/mol. The summed E-state index contributed by atoms with van der Waals surface area (Å²) >= 11 is 6.11. The predicted octanol–water partition coefficient (Wildman–Crippen LogP) is 4.81. The van der Waals surface area contributed by atoms with Crippen molar-refractivity contribution in [1.29, 1.82) is 0 Å². The molecule has 2 unspecified atom stereocenters. The molecule has 2 aliphatic heterocycles. The van der Waals surface area contributed by atoms with Gasteiger partial charge >= 0.3 is 0 Å². The SMILES string of the molecule is COc1ccc2c(c1)C(c1ccc(Cl)cc1)NCC1=NN=C(C)CC1CC2. The molecule has 2 heterocycles. The number of fused-ring (bicyclic) bond motifs is 2. The average Bonchev–Trinajstić information content (AvgIpc) is 2.76. The zero-order chi connectivity index (χ0) is 18.8. The first-order valence-corrected chi connectivity index (χ1v) is 9.77. The lowest BCUT2D eigenvalue weighted by Crippen LogP contribution is -2.33. The Kier molecular flexibility index (Phi) is 5.28. The first kappa shape index (κ1) is 18.2. The summed E-state index contributed by atoms with van der Waals surface area (Å²) in [7, 11) is 1.71. The minimum Gasteiger partial charge on any atom is -0.497 e. The lowest BCUT2D eigenvalue weighted by molar-refractivity contribution is 0.413. The van der Waals surface area contributed by atoms with Gasteiger partial charge in [-0.05, 0) is 67.1 Å². The van der Waals surface area contributed by atoms with E-state index < -0.39 is 0 Å². The first-order chi connectivity index (χ1) is 13.1. The minimum absolute atomic E-state index is 0.0563. The number of hydrogen-bond donors (Lipinski definition) is 1. The third-order valence-electron chi connectivity index (χ3n) is 5.48. The summed E-state index contributed by atoms with van der Waals surface area (Å²) in [4.78, 5) is 0. The van der Waals surface area contributed by atoms with Gasteiger partial charge in [-0.2, -0.15) is 10.2 Å². The van der Waals surface area contributed by atoms with Crippen molar-refractivity contribution < 1.29 is 4.74 Å². The monoisotopic (exact) mass is 381 g/mol. The molecule has 0 saturated heterocycles. The number of methoxy groups -OCH3 is 1. The van der Waals surface area contributed by atoms with E-state index in [0.29, 0.717) is 5.92 Å². The summed E-state index contributed by atoms with van der Waals surface area (Å²) in [6.45, 7) is 2.79. The number of nitrogens with one attached hydrogen (secondary N) is 1. The number of halogens is 1. The molecule has 4 rings (SSSR count). The fraction of sp³-hybridized carbons (Fsp3) is 0.364. The second-order valence-corrected chi connectivity index (χ2v) is 7.73. The smallest absolute Gasteiger partial charge is 0.119 e. The van der Waals surface area contributed by atoms with Crippen LogP contribution in [0, 0.1) is 5.92 Å². The van der Waals surface area contributed by atoms with E-state index in [0.717, 1.165) is 48.0 Å². The van der Waals surface area contributed by atoms with Crippen LogP contribution in [0.25, 0.3) is 0 Å². The van der Waals surface area contributed by atoms with E-state index in [1.807, 2.05) is 12.1 Å². The molecule has 4 nitrogen and oxygen atoms in total. The van der Waals surface area contributed by atoms with Gasteiger partial charge in [0, 0.05) is 23.2 Å². The van der Waals surface area contributed by atoms with E-state index >= 15 is 0 Å². The highest BCUT2D eigenvalue weighted by Gasteiger charge is 2.26. The van der Waals surface area contributed by atoms with Crippen molar-refractivity contribution in [2.75, 3.05) is 13.7 Å². The van der Waals surface area contributed by atoms with Crippen LogP contribution in [0.2, 0.25) is 5.02 Å². The molecule has 0 aromatic heterocycles. The van der Waals surface area contributed by atoms with E-state index in [2.05, 4.69) is 52.8 Å². The van der Waals surface area contributed by atoms with E-state index in [9.17, 15) is 0 Å². The normalized spacial score (nSPS) is 22.3. The molecule has 2 aromatic carbocycles. The molecule has 140 valence electrons. The van der Waals surface area contributed by atoms with Gasteiger partial charge in [0.2, 0.25) is 0 Å². The van der Waals surface area contributed by atoms with Gasteiger partial charge in [-0.3, -0.25) is 0 Å². The van der Waals surface area contributed by atoms with Crippen molar-refractivity contribution in [2.45, 2.75) is 32.2 Å². The molecule has 0 saturated carbocycles. The highest BCUT2D eigenvalue weighted by Crippen LogP contribution is 2.33. The van der Waals surface area contributed by atoms with Crippen molar-refractivity contribution >= 4 is 23.0 Å². The highest BCUT2D eigenvalue weighted by atomic mass is 35.5. The Balaban J connectivity index is 1.77. The highest BCUT2D eigenvalue weighted by molar-refractivity contribution is 6.30. The first-order valence-electron chi connectivity index (χ1n) is 9.39. The quantitative estimate of drug-likeness (QED) is 0.811. The van der Waals surface area contributed by atoms with Crippen LogP contribution in [0.4, 0.5) is 0 Å². The summed E-state index contributed by atoms with van der Waals surface area (Å²) in [5.74, 6) is 1.33. The largest absolute Gasteiger partial charge is 0.497 e. The molecule has 0 fully saturated rings. The molecule has 0 amide bonds. The van der Waals surface area contributed by atoms with Crippen molar-refractivity contribution in [3.8, 4) is 5.75 Å². The summed E-state index contributed by atoms with van der Waals surface area (Å²) in [6.07, 6.45) is 3.10. The second kappa shape index (κ2) is 7.83. The van der Waals surface area contributed by atoms with Crippen LogP contribution in [0.5, 0.6) is 5.75 Å². The molecular formula is C22H24ClN3O. The van der Waals surface area contributed by atoms with Crippen LogP contribution >= 0.6 is 11.6 Å². The fourth-order valence-electron chi connectivity index (χ4n) is 3.99. The van der Waals surface area contributed by atoms with Crippen molar-refractivity contribution in [3.05, 3.63) is 64.2 Å². The van der Waals surface area contributed by atoms with Gasteiger partial charge in [-0.15, -0.1) is 0 Å². The zero-order valence-corrected chi connectivity index (χ0v) is 16.5. The van der Waals surface area contributed by atoms with Crippen LogP contribution in [-0.4, -0.2) is 25.1 Å². The van der Waals surface area contributed by atoms with Gasteiger partial charge in [-0.25, -0.2) is 0 Å². The number of rotatable bonds is 2. The van der Waals surface area contributed by atoms with Gasteiger partial charge in [0.05, 0.1) is 18.9 Å². The number of nitrogens with zero attached hydrogens (tertiary/aromatic N) is 2. The van der Waals surface area contributed by atoms with Crippen molar-refractivity contribution in [1.82, 2.24) is 5.32 Å². The molecule has 1 N–H and O–H groups in total. The zero-order valence-electron chi connectivity index (χ0n) is 15.7. The molecule has 0 radical (unpaired) electrons. The maximum atomic E-state index is 6.11. The van der Waals surface area contributed by atoms with Crippen molar-refractivity contribution in [3.63, 3.8) is 0 Å². The van der Waals surface area contributed by atoms with Crippen molar-refractivity contribution in [2.24, 2.45) is 16.1 Å². The minimum atomic E-state index is 0.0563. The van der Waals surface area contributed by atoms with Crippen LogP contribution in [0.1, 0.15) is 42.5 Å². The van der Waals surface area contributed by atoms with Crippen LogP contribution in [0.3, 0.4) is 0 Å². The van der Waals surface area contributed by atoms with Gasteiger partial charge in [0.15, 0.2) is 0 Å². The van der Waals surface area contributed by atoms with E-state index in [-0.39, 0.29) is 6.04 Å². The van der Waals surface area contributed by atoms with Gasteiger partial charge in [0.25, 0.3) is 0 Å². The summed E-state index contributed by atoms with van der Waals surface area (Å²) < 4.78 is 5.50. The Bertz CT molecular complexity index is 889. The second-order valence-electron chi connectivity index (χ2n) is 7.30. The van der Waals surface area contributed by atoms with Gasteiger partial charge in [0.1, 0.15) is 5.75 Å². The Morgan fingerprint density at radius 3 is 2.70 bits per heavy atom. The topological polar surface area (TPSA) is 46.0 Å². The lowest BCUT2D eigenvalue weighted by Gasteiger charge is -2.23. The maximum absolute atomic E-state index is 6.11.